The van der Waals surface area contributed by atoms with Crippen molar-refractivity contribution in [2.75, 3.05) is 0 Å². The zero-order chi connectivity index (χ0) is 81.1. The Hall–Kier alpha value is -12.5. The van der Waals surface area contributed by atoms with E-state index in [4.69, 9.17) is 18.9 Å². The highest BCUT2D eigenvalue weighted by atomic mass is 16.6. The number of aromatic nitrogens is 7. The molecule has 4 atom stereocenters. The van der Waals surface area contributed by atoms with Crippen LogP contribution < -0.4 is 18.9 Å². The Morgan fingerprint density at radius 3 is 0.886 bits per heavy atom. The highest BCUT2D eigenvalue weighted by Gasteiger charge is 2.32. The number of aliphatic hydroxyl groups excluding tert-OH is 1. The van der Waals surface area contributed by atoms with Crippen LogP contribution in [-0.4, -0.2) is 51.7 Å². The largest absolute Gasteiger partial charge is 0.487 e. The fourth-order valence-corrected chi connectivity index (χ4v) is 14.1. The average molecular weight is 1520 g/mol. The number of benzene rings is 8. The predicted octanol–water partition coefficient (Wildman–Crippen LogP) is 22.7. The summed E-state index contributed by atoms with van der Waals surface area (Å²) in [4.78, 5) is 38.1. The monoisotopic (exact) mass is 1520 g/mol. The maximum absolute atomic E-state index is 10.9. The van der Waals surface area contributed by atoms with Crippen LogP contribution in [0.2, 0.25) is 0 Å². The predicted molar refractivity (Wildman–Crippen MR) is 454 cm³/mol. The molecule has 5 heterocycles. The highest BCUT2D eigenvalue weighted by molar-refractivity contribution is 5.74. The minimum atomic E-state index is -0.455. The Balaban J connectivity index is 0.000000161. The maximum Gasteiger partial charge on any atom is 0.235 e. The lowest BCUT2D eigenvalue weighted by Gasteiger charge is -2.32. The molecule has 0 saturated heterocycles. The normalized spacial score (nSPS) is 12.5. The number of nitrogens with one attached hydrogen (secondary N) is 1. The number of hydrogen-bond acceptors (Lipinski definition) is 14. The quantitative estimate of drug-likeness (QED) is 0.0310. The summed E-state index contributed by atoms with van der Waals surface area (Å²) in [6, 6.07) is 89.0. The fourth-order valence-electron chi connectivity index (χ4n) is 14.1. The number of carbonyl (C=O) groups excluding carboxylic acids is 1. The van der Waals surface area contributed by atoms with E-state index in [2.05, 4.69) is 203 Å². The molecule has 0 fully saturated rings. The van der Waals surface area contributed by atoms with Crippen LogP contribution in [0.5, 0.6) is 23.0 Å². The molecule has 8 aromatic carbocycles. The number of nitro groups is 1. The lowest BCUT2D eigenvalue weighted by atomic mass is 9.72. The molecule has 0 aliphatic heterocycles. The van der Waals surface area contributed by atoms with Gasteiger partial charge in [0.25, 0.3) is 0 Å². The molecule has 13 aromatic rings. The van der Waals surface area contributed by atoms with Crippen LogP contribution >= 0.6 is 0 Å². The van der Waals surface area contributed by atoms with Crippen molar-refractivity contribution in [2.24, 2.45) is 21.7 Å². The van der Waals surface area contributed by atoms with Crippen molar-refractivity contribution in [3.05, 3.63) is 398 Å². The van der Waals surface area contributed by atoms with Gasteiger partial charge in [-0.2, -0.15) is 15.4 Å². The average Bonchev–Trinajstić information content (AvgIpc) is 1.00. The van der Waals surface area contributed by atoms with Gasteiger partial charge < -0.3 is 24.1 Å². The molecule has 114 heavy (non-hydrogen) atoms. The maximum atomic E-state index is 10.9. The van der Waals surface area contributed by atoms with Gasteiger partial charge in [-0.3, -0.25) is 34.8 Å². The molecule has 2 N–H and O–H groups in total. The van der Waals surface area contributed by atoms with Crippen LogP contribution in [-0.2, 0) is 33.0 Å². The molecule has 16 heteroatoms. The molecular formula is C98H104N8O8. The summed E-state index contributed by atoms with van der Waals surface area (Å²) < 4.78 is 23.5. The van der Waals surface area contributed by atoms with E-state index in [1.807, 2.05) is 182 Å². The summed E-state index contributed by atoms with van der Waals surface area (Å²) in [6.07, 6.45) is 12.2. The van der Waals surface area contributed by atoms with Gasteiger partial charge in [0.15, 0.2) is 0 Å². The van der Waals surface area contributed by atoms with E-state index in [9.17, 15) is 20.0 Å². The number of aldehydes is 1. The molecule has 0 bridgehead atoms. The summed E-state index contributed by atoms with van der Waals surface area (Å²) in [5.41, 5.74) is 18.0. The van der Waals surface area contributed by atoms with E-state index >= 15 is 0 Å². The molecule has 13 rings (SSSR count). The van der Waals surface area contributed by atoms with Crippen LogP contribution in [0.25, 0.3) is 17.3 Å². The van der Waals surface area contributed by atoms with Gasteiger partial charge >= 0.3 is 0 Å². The van der Waals surface area contributed by atoms with Gasteiger partial charge in [-0.05, 0) is 174 Å². The van der Waals surface area contributed by atoms with Crippen molar-refractivity contribution in [3.8, 4) is 34.3 Å². The van der Waals surface area contributed by atoms with Crippen molar-refractivity contribution in [2.45, 2.75) is 140 Å². The molecule has 0 spiro atoms. The van der Waals surface area contributed by atoms with Crippen LogP contribution in [0.4, 0.5) is 0 Å². The van der Waals surface area contributed by atoms with E-state index in [1.54, 1.807) is 31.0 Å². The number of pyridine rings is 4. The minimum Gasteiger partial charge on any atom is -0.487 e. The number of hydrogen-bond donors (Lipinski definition) is 2. The zero-order valence-corrected chi connectivity index (χ0v) is 67.3. The first-order valence-corrected chi connectivity index (χ1v) is 38.4. The summed E-state index contributed by atoms with van der Waals surface area (Å²) in [6.45, 7) is 28.8. The Morgan fingerprint density at radius 2 is 0.649 bits per heavy atom. The second-order valence-corrected chi connectivity index (χ2v) is 32.3. The van der Waals surface area contributed by atoms with Crippen LogP contribution in [0.3, 0.4) is 0 Å². The Bertz CT molecular complexity index is 5030. The third kappa shape index (κ3) is 25.2. The number of nitrogens with zero attached hydrogens (tertiary/aromatic N) is 7. The van der Waals surface area contributed by atoms with Crippen LogP contribution in [0, 0.1) is 31.8 Å². The molecule has 0 radical (unpaired) electrons. The first-order valence-electron chi connectivity index (χ1n) is 38.4. The molecule has 0 aliphatic carbocycles. The fraction of sp³-hybridized carbons (Fsp3) is 0.255. The number of ether oxygens (including phenoxy) is 4. The van der Waals surface area contributed by atoms with Crippen LogP contribution in [0.15, 0.2) is 304 Å². The smallest absolute Gasteiger partial charge is 0.235 e. The third-order valence-electron chi connectivity index (χ3n) is 19.3. The van der Waals surface area contributed by atoms with Crippen molar-refractivity contribution < 1.29 is 33.8 Å². The van der Waals surface area contributed by atoms with Crippen LogP contribution in [0.1, 0.15) is 196 Å². The summed E-state index contributed by atoms with van der Waals surface area (Å²) in [5.74, 6) is 4.24. The molecule has 16 nitrogen and oxygen atoms in total. The van der Waals surface area contributed by atoms with Gasteiger partial charge in [-0.1, -0.05) is 253 Å². The summed E-state index contributed by atoms with van der Waals surface area (Å²) in [7, 11) is 0. The van der Waals surface area contributed by atoms with Crippen molar-refractivity contribution in [3.63, 3.8) is 0 Å². The van der Waals surface area contributed by atoms with Gasteiger partial charge in [-0.25, -0.2) is 0 Å². The number of rotatable bonds is 25. The van der Waals surface area contributed by atoms with E-state index in [0.29, 0.717) is 32.0 Å². The SMILES string of the molecule is CC(C)(C)C(c1ccc(/C=C/[N+](=O)[O-])cc1)c1ccc(OCc2ccccn2)cc1.CC(C)(C)C(c1ccc(C=O)cc1)c1ccc(OCc2ccccn2)cc1.CC(C)(C)C(c1ccc(CO)cc1)c1ccc(OCc2ccccn2)cc1.CC(C)(C)C(c1ccc(OCc2ccccn2)cc1)c1ccc(-c2cn[nH]n2)cc1. The highest BCUT2D eigenvalue weighted by Crippen LogP contribution is 2.45. The number of aromatic amines is 1. The first-order chi connectivity index (χ1) is 54.8. The first kappa shape index (κ1) is 83.9. The van der Waals surface area contributed by atoms with Gasteiger partial charge in [-0.15, -0.1) is 0 Å². The molecule has 0 amide bonds. The van der Waals surface area contributed by atoms with Gasteiger partial charge in [0, 0.05) is 65.7 Å². The number of aliphatic hydroxyl groups is 1. The molecule has 5 aromatic heterocycles. The van der Waals surface area contributed by atoms with E-state index in [-0.39, 0.29) is 51.9 Å². The third-order valence-corrected chi connectivity index (χ3v) is 19.3. The van der Waals surface area contributed by atoms with E-state index in [0.717, 1.165) is 80.6 Å². The lowest BCUT2D eigenvalue weighted by molar-refractivity contribution is -0.400. The molecule has 0 aliphatic rings. The van der Waals surface area contributed by atoms with Gasteiger partial charge in [0.1, 0.15) is 61.4 Å². The standard InChI is InChI=1S/C25H26N4O.C25H26N2O3.C24H27NO2.C24H25NO2/c1-25(2,3)24(19-9-7-18(8-10-19)23-16-27-29-28-23)20-11-13-22(14-12-20)30-17-21-6-4-5-15-26-21;1-25(2,3)24(20-9-7-19(8-10-20)15-17-27(28)29)21-11-13-23(14-12-21)30-18-22-6-4-5-16-26-22;2*1-24(2,3)23(19-9-7-18(16-26)8-10-19)20-11-13-22(14-12-20)27-17-21-6-4-5-15-25-21/h4-16,24H,17H2,1-3H3,(H,27,28,29);4-17,24H,18H2,1-3H3;4-15,23,26H,16-17H2,1-3H3;4-16,23H,17H2,1-3H3/b;17-15+;;. The Labute approximate surface area is 671 Å². The molecule has 4 unspecified atom stereocenters. The lowest BCUT2D eigenvalue weighted by Crippen LogP contribution is -2.19. The summed E-state index contributed by atoms with van der Waals surface area (Å²) in [5, 5.41) is 30.5. The van der Waals surface area contributed by atoms with Crippen molar-refractivity contribution in [1.29, 1.82) is 0 Å². The second-order valence-electron chi connectivity index (χ2n) is 32.3. The Morgan fingerprint density at radius 1 is 0.377 bits per heavy atom. The molecule has 0 saturated carbocycles. The molecule has 584 valence electrons. The van der Waals surface area contributed by atoms with Gasteiger partial charge in [0.2, 0.25) is 6.20 Å². The molecular weight excluding hydrogens is 1420 g/mol. The van der Waals surface area contributed by atoms with Crippen molar-refractivity contribution >= 4 is 12.4 Å². The minimum absolute atomic E-state index is 0.00543. The van der Waals surface area contributed by atoms with Crippen molar-refractivity contribution in [1.82, 2.24) is 35.3 Å². The Kier molecular flexibility index (Phi) is 29.5. The van der Waals surface area contributed by atoms with E-state index in [1.165, 1.54) is 50.6 Å². The summed E-state index contributed by atoms with van der Waals surface area (Å²) >= 11 is 0. The topological polar surface area (TPSA) is 210 Å². The van der Waals surface area contributed by atoms with Gasteiger partial charge in [0.05, 0.1) is 40.5 Å². The van der Waals surface area contributed by atoms with E-state index < -0.39 is 4.92 Å². The second kappa shape index (κ2) is 40.1. The number of carbonyl (C=O) groups is 1. The number of H-pyrrole nitrogens is 1. The zero-order valence-electron chi connectivity index (χ0n) is 67.3.